The number of aliphatic carboxylic acids is 1. The summed E-state index contributed by atoms with van der Waals surface area (Å²) >= 11 is 6.05. The molecule has 21 heavy (non-hydrogen) atoms. The molecule has 0 radical (unpaired) electrons. The molecule has 0 bridgehead atoms. The van der Waals surface area contributed by atoms with Crippen molar-refractivity contribution in [1.29, 1.82) is 0 Å². The van der Waals surface area contributed by atoms with Crippen LogP contribution in [0.1, 0.15) is 58.3 Å². The summed E-state index contributed by atoms with van der Waals surface area (Å²) in [7, 11) is 0. The molecule has 1 aromatic rings. The average molecular weight is 312 g/mol. The molecule has 1 rings (SSSR count). The summed E-state index contributed by atoms with van der Waals surface area (Å²) in [6.07, 6.45) is 8.94. The fraction of sp³-hybridized carbons (Fsp3) is 0.588. The van der Waals surface area contributed by atoms with Gasteiger partial charge in [-0.1, -0.05) is 75.6 Å². The van der Waals surface area contributed by atoms with E-state index in [1.54, 1.807) is 6.07 Å². The van der Waals surface area contributed by atoms with Crippen LogP contribution in [0.2, 0.25) is 5.02 Å². The second kappa shape index (κ2) is 10.5. The van der Waals surface area contributed by atoms with E-state index < -0.39 is 12.0 Å². The monoisotopic (exact) mass is 311 g/mol. The van der Waals surface area contributed by atoms with Crippen LogP contribution in [0.15, 0.2) is 24.3 Å². The highest BCUT2D eigenvalue weighted by Gasteiger charge is 2.17. The molecule has 2 N–H and O–H groups in total. The van der Waals surface area contributed by atoms with Crippen LogP contribution in [0.25, 0.3) is 0 Å². The Morgan fingerprint density at radius 2 is 1.76 bits per heavy atom. The van der Waals surface area contributed by atoms with Crippen LogP contribution in [0.4, 0.5) is 5.69 Å². The molecule has 0 spiro atoms. The van der Waals surface area contributed by atoms with Crippen LogP contribution in [0.3, 0.4) is 0 Å². The average Bonchev–Trinajstić information content (AvgIpc) is 2.46. The highest BCUT2D eigenvalue weighted by atomic mass is 35.5. The van der Waals surface area contributed by atoms with E-state index in [1.165, 1.54) is 32.1 Å². The van der Waals surface area contributed by atoms with Crippen LogP contribution < -0.4 is 5.32 Å². The first kappa shape index (κ1) is 17.8. The molecule has 0 amide bonds. The van der Waals surface area contributed by atoms with Crippen molar-refractivity contribution in [3.8, 4) is 0 Å². The molecule has 0 heterocycles. The topological polar surface area (TPSA) is 49.3 Å². The second-order valence-electron chi connectivity index (χ2n) is 5.43. The van der Waals surface area contributed by atoms with Gasteiger partial charge in [0.2, 0.25) is 0 Å². The summed E-state index contributed by atoms with van der Waals surface area (Å²) in [5.74, 6) is -0.819. The van der Waals surface area contributed by atoms with Crippen LogP contribution in [0.5, 0.6) is 0 Å². The largest absolute Gasteiger partial charge is 0.480 e. The molecule has 0 aromatic heterocycles. The van der Waals surface area contributed by atoms with Crippen LogP contribution in [0, 0.1) is 0 Å². The SMILES string of the molecule is CCCCCCCCCC(Nc1ccccc1Cl)C(=O)O. The van der Waals surface area contributed by atoms with Gasteiger partial charge in [0.15, 0.2) is 0 Å². The highest BCUT2D eigenvalue weighted by Crippen LogP contribution is 2.22. The van der Waals surface area contributed by atoms with Gasteiger partial charge in [-0.2, -0.15) is 0 Å². The molecule has 1 aromatic carbocycles. The molecule has 0 saturated carbocycles. The fourth-order valence-corrected chi connectivity index (χ4v) is 2.52. The molecule has 0 saturated heterocycles. The normalized spacial score (nSPS) is 12.1. The predicted octanol–water partition coefficient (Wildman–Crippen LogP) is 5.35. The Morgan fingerprint density at radius 1 is 1.14 bits per heavy atom. The first-order valence-electron chi connectivity index (χ1n) is 7.89. The minimum atomic E-state index is -0.819. The zero-order valence-electron chi connectivity index (χ0n) is 12.8. The lowest BCUT2D eigenvalue weighted by molar-refractivity contribution is -0.138. The summed E-state index contributed by atoms with van der Waals surface area (Å²) in [5, 5.41) is 12.9. The van der Waals surface area contributed by atoms with E-state index in [-0.39, 0.29) is 0 Å². The third-order valence-electron chi connectivity index (χ3n) is 3.60. The van der Waals surface area contributed by atoms with Crippen molar-refractivity contribution >= 4 is 23.3 Å². The number of para-hydroxylation sites is 1. The number of carbonyl (C=O) groups is 1. The maximum absolute atomic E-state index is 11.3. The van der Waals surface area contributed by atoms with Crippen molar-refractivity contribution in [2.45, 2.75) is 64.3 Å². The first-order valence-corrected chi connectivity index (χ1v) is 8.26. The van der Waals surface area contributed by atoms with E-state index in [1.807, 2.05) is 18.2 Å². The van der Waals surface area contributed by atoms with Crippen LogP contribution >= 0.6 is 11.6 Å². The van der Waals surface area contributed by atoms with E-state index >= 15 is 0 Å². The van der Waals surface area contributed by atoms with Gasteiger partial charge in [-0.15, -0.1) is 0 Å². The summed E-state index contributed by atoms with van der Waals surface area (Å²) in [4.78, 5) is 11.3. The molecule has 3 nitrogen and oxygen atoms in total. The molecule has 118 valence electrons. The number of rotatable bonds is 11. The number of anilines is 1. The van der Waals surface area contributed by atoms with Gasteiger partial charge in [0.25, 0.3) is 0 Å². The van der Waals surface area contributed by atoms with Gasteiger partial charge >= 0.3 is 5.97 Å². The van der Waals surface area contributed by atoms with Gasteiger partial charge in [-0.3, -0.25) is 0 Å². The molecule has 0 aliphatic heterocycles. The van der Waals surface area contributed by atoms with E-state index in [4.69, 9.17) is 11.6 Å². The number of nitrogens with one attached hydrogen (secondary N) is 1. The minimum Gasteiger partial charge on any atom is -0.480 e. The number of hydrogen-bond donors (Lipinski definition) is 2. The minimum absolute atomic E-state index is 0.559. The van der Waals surface area contributed by atoms with Gasteiger partial charge in [0.1, 0.15) is 6.04 Å². The van der Waals surface area contributed by atoms with Crippen LogP contribution in [-0.4, -0.2) is 17.1 Å². The number of benzene rings is 1. The Morgan fingerprint density at radius 3 is 2.38 bits per heavy atom. The van der Waals surface area contributed by atoms with E-state index in [0.29, 0.717) is 17.1 Å². The summed E-state index contributed by atoms with van der Waals surface area (Å²) in [5.41, 5.74) is 0.689. The molecular weight excluding hydrogens is 286 g/mol. The Bertz CT molecular complexity index is 423. The van der Waals surface area contributed by atoms with Crippen molar-refractivity contribution in [2.24, 2.45) is 0 Å². The van der Waals surface area contributed by atoms with Gasteiger partial charge in [-0.05, 0) is 18.6 Å². The Hall–Kier alpha value is -1.22. The summed E-state index contributed by atoms with van der Waals surface area (Å²) < 4.78 is 0. The molecule has 1 atom stereocenters. The number of carboxylic acids is 1. The Labute approximate surface area is 132 Å². The third kappa shape index (κ3) is 7.37. The van der Waals surface area contributed by atoms with Crippen molar-refractivity contribution < 1.29 is 9.90 Å². The standard InChI is InChI=1S/C17H26ClNO2/c1-2-3-4-5-6-7-8-13-16(17(20)21)19-15-12-10-9-11-14(15)18/h9-12,16,19H,2-8,13H2,1H3,(H,20,21). The number of unbranched alkanes of at least 4 members (excludes halogenated alkanes) is 6. The lowest BCUT2D eigenvalue weighted by Crippen LogP contribution is -2.29. The maximum atomic E-state index is 11.3. The van der Waals surface area contributed by atoms with Gasteiger partial charge in [-0.25, -0.2) is 4.79 Å². The number of carboxylic acid groups (broad SMARTS) is 1. The lowest BCUT2D eigenvalue weighted by atomic mass is 10.0. The molecular formula is C17H26ClNO2. The van der Waals surface area contributed by atoms with E-state index in [0.717, 1.165) is 12.8 Å². The third-order valence-corrected chi connectivity index (χ3v) is 3.93. The van der Waals surface area contributed by atoms with Gasteiger partial charge in [0, 0.05) is 0 Å². The highest BCUT2D eigenvalue weighted by molar-refractivity contribution is 6.33. The molecule has 0 aliphatic carbocycles. The molecule has 0 aliphatic rings. The van der Waals surface area contributed by atoms with Crippen molar-refractivity contribution in [3.63, 3.8) is 0 Å². The number of halogens is 1. The Balaban J connectivity index is 2.31. The zero-order chi connectivity index (χ0) is 15.5. The maximum Gasteiger partial charge on any atom is 0.326 e. The van der Waals surface area contributed by atoms with E-state index in [9.17, 15) is 9.90 Å². The van der Waals surface area contributed by atoms with Crippen LogP contribution in [-0.2, 0) is 4.79 Å². The Kier molecular flexibility index (Phi) is 8.91. The zero-order valence-corrected chi connectivity index (χ0v) is 13.5. The quantitative estimate of drug-likeness (QED) is 0.542. The van der Waals surface area contributed by atoms with Gasteiger partial charge in [0.05, 0.1) is 10.7 Å². The first-order chi connectivity index (χ1) is 10.1. The van der Waals surface area contributed by atoms with E-state index in [2.05, 4.69) is 12.2 Å². The van der Waals surface area contributed by atoms with Crippen molar-refractivity contribution in [1.82, 2.24) is 0 Å². The number of hydrogen-bond acceptors (Lipinski definition) is 2. The predicted molar refractivity (Wildman–Crippen MR) is 89.1 cm³/mol. The summed E-state index contributed by atoms with van der Waals surface area (Å²) in [6.45, 7) is 2.21. The second-order valence-corrected chi connectivity index (χ2v) is 5.83. The van der Waals surface area contributed by atoms with Crippen molar-refractivity contribution in [3.05, 3.63) is 29.3 Å². The molecule has 0 fully saturated rings. The van der Waals surface area contributed by atoms with Gasteiger partial charge < -0.3 is 10.4 Å². The fourth-order valence-electron chi connectivity index (χ4n) is 2.33. The van der Waals surface area contributed by atoms with Crippen molar-refractivity contribution in [2.75, 3.05) is 5.32 Å². The molecule has 4 heteroatoms. The lowest BCUT2D eigenvalue weighted by Gasteiger charge is -2.16. The summed E-state index contributed by atoms with van der Waals surface area (Å²) in [6, 6.07) is 6.68. The molecule has 1 unspecified atom stereocenters. The smallest absolute Gasteiger partial charge is 0.326 e.